The Bertz CT molecular complexity index is 2520. The number of para-hydroxylation sites is 1. The van der Waals surface area contributed by atoms with Gasteiger partial charge in [-0.3, -0.25) is 4.57 Å². The van der Waals surface area contributed by atoms with Gasteiger partial charge in [0.25, 0.3) is 0 Å². The van der Waals surface area contributed by atoms with Gasteiger partial charge in [-0.2, -0.15) is 9.97 Å². The molecule has 1 aliphatic heterocycles. The minimum atomic E-state index is -2.90. The van der Waals surface area contributed by atoms with E-state index < -0.39 is 8.07 Å². The maximum Gasteiger partial charge on any atom is 0.238 e. The summed E-state index contributed by atoms with van der Waals surface area (Å²) in [5, 5.41) is 6.04. The van der Waals surface area contributed by atoms with Gasteiger partial charge in [-0.1, -0.05) is 170 Å². The Morgan fingerprint density at radius 1 is 0.596 bits per heavy atom. The maximum absolute atomic E-state index is 7.15. The molecule has 0 amide bonds. The Hall–Kier alpha value is -6.63. The molecule has 9 rings (SSSR count). The molecule has 8 aromatic rings. The Balaban J connectivity index is 1.43. The van der Waals surface area contributed by atoms with E-state index in [4.69, 9.17) is 19.7 Å². The van der Waals surface area contributed by atoms with Crippen LogP contribution in [0.4, 0.5) is 0 Å². The third kappa shape index (κ3) is 4.95. The first-order valence-electron chi connectivity index (χ1n) is 17.4. The molecule has 2 aromatic heterocycles. The lowest BCUT2D eigenvalue weighted by molar-refractivity contribution is 0.490. The van der Waals surface area contributed by atoms with Gasteiger partial charge >= 0.3 is 0 Å². The second kappa shape index (κ2) is 12.9. The fourth-order valence-corrected chi connectivity index (χ4v) is 12.6. The van der Waals surface area contributed by atoms with E-state index in [1.807, 2.05) is 66.7 Å². The van der Waals surface area contributed by atoms with Crippen molar-refractivity contribution in [2.75, 3.05) is 0 Å². The number of hydrogen-bond donors (Lipinski definition) is 0. The molecule has 0 saturated carbocycles. The van der Waals surface area contributed by atoms with E-state index in [0.29, 0.717) is 17.6 Å². The number of allylic oxidation sites excluding steroid dienone is 2. The van der Waals surface area contributed by atoms with Crippen molar-refractivity contribution in [3.8, 4) is 40.2 Å². The van der Waals surface area contributed by atoms with E-state index >= 15 is 0 Å². The molecule has 0 N–H and O–H groups in total. The Morgan fingerprint density at radius 3 is 1.71 bits per heavy atom. The van der Waals surface area contributed by atoms with Crippen LogP contribution >= 0.6 is 0 Å². The molecule has 0 spiro atoms. The average Bonchev–Trinajstić information content (AvgIpc) is 3.51. The van der Waals surface area contributed by atoms with Crippen LogP contribution < -0.4 is 25.5 Å². The van der Waals surface area contributed by atoms with Crippen LogP contribution in [-0.2, 0) is 0 Å². The van der Waals surface area contributed by atoms with Crippen LogP contribution in [0.15, 0.2) is 176 Å². The molecule has 0 unspecified atom stereocenters. The summed E-state index contributed by atoms with van der Waals surface area (Å²) in [7, 11) is -2.90. The second-order valence-electron chi connectivity index (χ2n) is 12.9. The van der Waals surface area contributed by atoms with Crippen LogP contribution in [0.3, 0.4) is 0 Å². The zero-order chi connectivity index (χ0) is 35.1. The highest BCUT2D eigenvalue weighted by Crippen LogP contribution is 2.40. The van der Waals surface area contributed by atoms with Gasteiger partial charge in [-0.15, -0.1) is 0 Å². The first kappa shape index (κ1) is 31.4. The molecule has 0 bridgehead atoms. The molecular weight excluding hydrogens is 653 g/mol. The Morgan fingerprint density at radius 2 is 1.13 bits per heavy atom. The lowest BCUT2D eigenvalue weighted by Crippen LogP contribution is -2.76. The van der Waals surface area contributed by atoms with E-state index in [2.05, 4.69) is 121 Å². The molecule has 5 nitrogen and oxygen atoms in total. The van der Waals surface area contributed by atoms with Crippen molar-refractivity contribution < 1.29 is 4.74 Å². The molecule has 52 heavy (non-hydrogen) atoms. The maximum atomic E-state index is 7.15. The lowest BCUT2D eigenvalue weighted by atomic mass is 10.1. The number of ether oxygens (including phenoxy) is 1. The second-order valence-corrected chi connectivity index (χ2v) is 16.6. The number of hydrogen-bond acceptors (Lipinski definition) is 4. The summed E-state index contributed by atoms with van der Waals surface area (Å²) in [4.78, 5) is 15.4. The molecule has 3 heterocycles. The van der Waals surface area contributed by atoms with Gasteiger partial charge < -0.3 is 4.74 Å². The molecule has 0 fully saturated rings. The number of rotatable bonds is 7. The molecular formula is C46H34N4OSi. The van der Waals surface area contributed by atoms with Crippen LogP contribution in [0.5, 0.6) is 11.5 Å². The summed E-state index contributed by atoms with van der Waals surface area (Å²) in [5.74, 6) is 3.38. The van der Waals surface area contributed by atoms with Crippen molar-refractivity contribution in [3.05, 3.63) is 188 Å². The third-order valence-electron chi connectivity index (χ3n) is 9.98. The van der Waals surface area contributed by atoms with Gasteiger partial charge in [-0.25, -0.2) is 4.98 Å². The van der Waals surface area contributed by atoms with Crippen LogP contribution in [0.1, 0.15) is 11.3 Å². The summed E-state index contributed by atoms with van der Waals surface area (Å²) < 4.78 is 9.31. The molecule has 0 atom stereocenters. The normalized spacial score (nSPS) is 13.0. The molecule has 6 heteroatoms. The van der Waals surface area contributed by atoms with Crippen molar-refractivity contribution in [2.45, 2.75) is 6.92 Å². The minimum absolute atomic E-state index is 0.511. The van der Waals surface area contributed by atoms with Gasteiger partial charge in [0, 0.05) is 16.5 Å². The Kier molecular flexibility index (Phi) is 7.79. The van der Waals surface area contributed by atoms with Gasteiger partial charge in [0.2, 0.25) is 5.95 Å². The van der Waals surface area contributed by atoms with E-state index in [9.17, 15) is 0 Å². The molecule has 0 saturated heterocycles. The summed E-state index contributed by atoms with van der Waals surface area (Å²) in [5.41, 5.74) is 4.77. The van der Waals surface area contributed by atoms with Gasteiger partial charge in [0.1, 0.15) is 5.75 Å². The number of benzene rings is 6. The van der Waals surface area contributed by atoms with Crippen molar-refractivity contribution in [3.63, 3.8) is 0 Å². The first-order valence-corrected chi connectivity index (χ1v) is 19.4. The zero-order valence-corrected chi connectivity index (χ0v) is 29.6. The highest BCUT2D eigenvalue weighted by atomic mass is 28.3. The number of nitrogens with zero attached hydrogens (tertiary/aromatic N) is 4. The van der Waals surface area contributed by atoms with E-state index in [0.717, 1.165) is 44.8 Å². The van der Waals surface area contributed by atoms with Gasteiger partial charge in [0.15, 0.2) is 25.5 Å². The van der Waals surface area contributed by atoms with Crippen LogP contribution in [-0.4, -0.2) is 27.6 Å². The predicted molar refractivity (Wildman–Crippen MR) is 215 cm³/mol. The molecule has 0 radical (unpaired) electrons. The minimum Gasteiger partial charge on any atom is -0.455 e. The summed E-state index contributed by atoms with van der Waals surface area (Å²) >= 11 is 0. The van der Waals surface area contributed by atoms with Gasteiger partial charge in [0.05, 0.1) is 11.2 Å². The van der Waals surface area contributed by atoms with Crippen molar-refractivity contribution in [1.29, 1.82) is 0 Å². The fraction of sp³-hybridized carbons (Fsp3) is 0.0217. The third-order valence-corrected chi connectivity index (χ3v) is 14.8. The molecule has 0 aliphatic carbocycles. The fourth-order valence-electron chi connectivity index (χ4n) is 7.67. The highest BCUT2D eigenvalue weighted by molar-refractivity contribution is 7.20. The zero-order valence-electron chi connectivity index (χ0n) is 28.6. The van der Waals surface area contributed by atoms with Crippen LogP contribution in [0.2, 0.25) is 0 Å². The number of fused-ring (bicyclic) bond motifs is 4. The molecule has 1 aliphatic rings. The smallest absolute Gasteiger partial charge is 0.238 e. The topological polar surface area (TPSA) is 52.8 Å². The average molecular weight is 687 g/mol. The van der Waals surface area contributed by atoms with E-state index in [1.165, 1.54) is 20.7 Å². The number of aryl methyl sites for hydroxylation is 1. The lowest BCUT2D eigenvalue weighted by Gasteiger charge is -2.39. The van der Waals surface area contributed by atoms with Crippen molar-refractivity contribution >= 4 is 45.8 Å². The Labute approximate surface area is 303 Å². The van der Waals surface area contributed by atoms with Crippen molar-refractivity contribution in [1.82, 2.24) is 19.5 Å². The summed E-state index contributed by atoms with van der Waals surface area (Å²) in [6.07, 6.45) is 5.84. The van der Waals surface area contributed by atoms with Crippen molar-refractivity contribution in [2.24, 2.45) is 0 Å². The predicted octanol–water partition coefficient (Wildman–Crippen LogP) is 8.14. The molecule has 248 valence electrons. The largest absolute Gasteiger partial charge is 0.455 e. The van der Waals surface area contributed by atoms with Crippen LogP contribution in [0, 0.1) is 6.92 Å². The summed E-state index contributed by atoms with van der Waals surface area (Å²) in [6.45, 7) is 6.15. The molecule has 6 aromatic carbocycles. The van der Waals surface area contributed by atoms with Gasteiger partial charge in [-0.05, 0) is 45.4 Å². The number of aromatic nitrogens is 4. The monoisotopic (exact) mass is 686 g/mol. The summed E-state index contributed by atoms with van der Waals surface area (Å²) in [6, 6.07) is 55.2. The quantitative estimate of drug-likeness (QED) is 0.126. The van der Waals surface area contributed by atoms with E-state index in [1.54, 1.807) is 6.08 Å². The van der Waals surface area contributed by atoms with Crippen LogP contribution in [0.25, 0.3) is 45.7 Å². The SMILES string of the molecule is C=C/C=C\c1c(C)c2ccc3c(c2n1-c1nc(-c2ccccc2)nc(-c2ccccc2)n1)Oc1ccccc1[Si]3(c1ccccc1)c1ccccc1. The highest BCUT2D eigenvalue weighted by Gasteiger charge is 2.48. The standard InChI is InChI=1S/C46H34N4OSi/c1-3-4-27-38-32(2)37-30-31-41-43(51-39-28-17-18-29-40(39)52(41,35-23-13-7-14-24-35)36-25-15-8-16-26-36)42(37)50(38)46-48-44(33-19-9-5-10-20-33)47-45(49-46)34-21-11-6-12-22-34/h3-31H,1H2,2H3/b27-4-. The first-order chi connectivity index (χ1) is 25.7. The van der Waals surface area contributed by atoms with E-state index in [-0.39, 0.29) is 0 Å².